The summed E-state index contributed by atoms with van der Waals surface area (Å²) in [6, 6.07) is 5.96. The van der Waals surface area contributed by atoms with Gasteiger partial charge in [0.25, 0.3) is 0 Å². The van der Waals surface area contributed by atoms with E-state index in [1.165, 1.54) is 18.2 Å². The van der Waals surface area contributed by atoms with E-state index in [4.69, 9.17) is 9.84 Å². The molecular weight excluding hydrogens is 273 g/mol. The fourth-order valence-electron chi connectivity index (χ4n) is 1.56. The third-order valence-electron chi connectivity index (χ3n) is 2.30. The van der Waals surface area contributed by atoms with Crippen LogP contribution in [0.5, 0.6) is 5.75 Å². The average molecular weight is 281 g/mol. The van der Waals surface area contributed by atoms with Crippen LogP contribution >= 0.6 is 12.4 Å². The molecule has 2 rings (SSSR count). The number of hydrogen-bond acceptors (Lipinski definition) is 2. The molecule has 0 aliphatic carbocycles. The summed E-state index contributed by atoms with van der Waals surface area (Å²) in [4.78, 5) is 10.8. The Morgan fingerprint density at radius 2 is 1.89 bits per heavy atom. The number of carboxylic acids is 1. The van der Waals surface area contributed by atoms with E-state index in [-0.39, 0.29) is 18.2 Å². The van der Waals surface area contributed by atoms with Crippen molar-refractivity contribution in [3.63, 3.8) is 0 Å². The Labute approximate surface area is 106 Å². The molecule has 0 amide bonds. The first-order valence-corrected chi connectivity index (χ1v) is 4.67. The summed E-state index contributed by atoms with van der Waals surface area (Å²) in [5.74, 6) is -1.61. The number of hydrogen-bond donors (Lipinski definition) is 1. The minimum Gasteiger partial charge on any atom is -0.478 e. The predicted octanol–water partition coefficient (Wildman–Crippen LogP) is 2.90. The van der Waals surface area contributed by atoms with Crippen LogP contribution in [0.1, 0.15) is 5.56 Å². The molecule has 1 aliphatic rings. The molecule has 1 unspecified atom stereocenters. The Morgan fingerprint density at radius 1 is 1.28 bits per heavy atom. The van der Waals surface area contributed by atoms with Gasteiger partial charge in [0, 0.05) is 5.56 Å². The first-order chi connectivity index (χ1) is 7.89. The standard InChI is InChI=1S/C11H7F3O3.ClH/c12-11(13,14)9-7(10(15)16)5-6-3-1-2-4-8(6)17-9;/h1-5,9H,(H,15,16);1H. The third-order valence-corrected chi connectivity index (χ3v) is 2.30. The zero-order chi connectivity index (χ0) is 12.6. The van der Waals surface area contributed by atoms with Crippen LogP contribution in [0.4, 0.5) is 13.2 Å². The van der Waals surface area contributed by atoms with Gasteiger partial charge in [-0.15, -0.1) is 12.4 Å². The van der Waals surface area contributed by atoms with Crippen molar-refractivity contribution in [1.82, 2.24) is 0 Å². The highest BCUT2D eigenvalue weighted by atomic mass is 35.5. The van der Waals surface area contributed by atoms with E-state index in [1.807, 2.05) is 0 Å². The smallest absolute Gasteiger partial charge is 0.430 e. The molecule has 1 N–H and O–H groups in total. The fraction of sp³-hybridized carbons (Fsp3) is 0.182. The van der Waals surface area contributed by atoms with Gasteiger partial charge in [-0.05, 0) is 12.1 Å². The zero-order valence-corrected chi connectivity index (χ0v) is 9.59. The van der Waals surface area contributed by atoms with E-state index >= 15 is 0 Å². The molecule has 0 bridgehead atoms. The largest absolute Gasteiger partial charge is 0.478 e. The van der Waals surface area contributed by atoms with Crippen LogP contribution < -0.4 is 4.74 Å². The summed E-state index contributed by atoms with van der Waals surface area (Å²) < 4.78 is 42.5. The van der Waals surface area contributed by atoms with Crippen molar-refractivity contribution >= 4 is 24.5 Å². The van der Waals surface area contributed by atoms with Crippen LogP contribution in [0.3, 0.4) is 0 Å². The minimum atomic E-state index is -4.75. The molecule has 0 saturated heterocycles. The lowest BCUT2D eigenvalue weighted by Gasteiger charge is -2.26. The van der Waals surface area contributed by atoms with Crippen LogP contribution in [0.2, 0.25) is 0 Å². The summed E-state index contributed by atoms with van der Waals surface area (Å²) in [6.07, 6.45) is -6.19. The molecule has 18 heavy (non-hydrogen) atoms. The molecular formula is C11H8ClF3O3. The predicted molar refractivity (Wildman–Crippen MR) is 59.8 cm³/mol. The van der Waals surface area contributed by atoms with Gasteiger partial charge in [0.1, 0.15) is 5.75 Å². The maximum absolute atomic E-state index is 12.6. The first-order valence-electron chi connectivity index (χ1n) is 4.67. The van der Waals surface area contributed by atoms with E-state index in [0.29, 0.717) is 5.56 Å². The quantitative estimate of drug-likeness (QED) is 0.860. The minimum absolute atomic E-state index is 0. The summed E-state index contributed by atoms with van der Waals surface area (Å²) in [6.45, 7) is 0. The number of benzene rings is 1. The van der Waals surface area contributed by atoms with Gasteiger partial charge in [-0.2, -0.15) is 13.2 Å². The van der Waals surface area contributed by atoms with Gasteiger partial charge in [-0.3, -0.25) is 0 Å². The molecule has 1 aromatic carbocycles. The summed E-state index contributed by atoms with van der Waals surface area (Å²) in [7, 11) is 0. The second-order valence-electron chi connectivity index (χ2n) is 3.48. The molecule has 0 aromatic heterocycles. The van der Waals surface area contributed by atoms with Crippen molar-refractivity contribution < 1.29 is 27.8 Å². The molecule has 3 nitrogen and oxygen atoms in total. The Bertz CT molecular complexity index is 497. The normalized spacial score (nSPS) is 17.9. The van der Waals surface area contributed by atoms with Gasteiger partial charge in [0.15, 0.2) is 0 Å². The first kappa shape index (κ1) is 14.4. The number of rotatable bonds is 1. The number of para-hydroxylation sites is 1. The van der Waals surface area contributed by atoms with E-state index in [9.17, 15) is 18.0 Å². The SMILES string of the molecule is Cl.O=C(O)C1=Cc2ccccc2OC1C(F)(F)F. The van der Waals surface area contributed by atoms with E-state index < -0.39 is 23.8 Å². The zero-order valence-electron chi connectivity index (χ0n) is 8.77. The van der Waals surface area contributed by atoms with Crippen molar-refractivity contribution in [3.05, 3.63) is 35.4 Å². The molecule has 1 aliphatic heterocycles. The van der Waals surface area contributed by atoms with Gasteiger partial charge in [0.2, 0.25) is 6.10 Å². The number of fused-ring (bicyclic) bond motifs is 1. The molecule has 0 spiro atoms. The second kappa shape index (κ2) is 4.89. The van der Waals surface area contributed by atoms with Crippen LogP contribution in [0.25, 0.3) is 6.08 Å². The van der Waals surface area contributed by atoms with Crippen molar-refractivity contribution in [3.8, 4) is 5.75 Å². The highest BCUT2D eigenvalue weighted by Crippen LogP contribution is 2.36. The number of aliphatic carboxylic acids is 1. The van der Waals surface area contributed by atoms with Crippen LogP contribution in [-0.2, 0) is 4.79 Å². The van der Waals surface area contributed by atoms with Gasteiger partial charge in [0.05, 0.1) is 5.57 Å². The Morgan fingerprint density at radius 3 is 2.44 bits per heavy atom. The number of carbonyl (C=O) groups is 1. The number of halogens is 4. The van der Waals surface area contributed by atoms with Crippen LogP contribution in [0.15, 0.2) is 29.8 Å². The highest BCUT2D eigenvalue weighted by molar-refractivity contribution is 5.94. The lowest BCUT2D eigenvalue weighted by molar-refractivity contribution is -0.187. The third kappa shape index (κ3) is 2.59. The van der Waals surface area contributed by atoms with Crippen LogP contribution in [-0.4, -0.2) is 23.4 Å². The summed E-state index contributed by atoms with van der Waals surface area (Å²) in [5, 5.41) is 8.75. The Hall–Kier alpha value is -1.69. The maximum Gasteiger partial charge on any atom is 0.430 e. The van der Waals surface area contributed by atoms with Crippen LogP contribution in [0, 0.1) is 0 Å². The molecule has 7 heteroatoms. The van der Waals surface area contributed by atoms with E-state index in [2.05, 4.69) is 0 Å². The lowest BCUT2D eigenvalue weighted by atomic mass is 10.0. The fourth-order valence-corrected chi connectivity index (χ4v) is 1.56. The number of ether oxygens (including phenoxy) is 1. The monoisotopic (exact) mass is 280 g/mol. The van der Waals surface area contributed by atoms with Crippen molar-refractivity contribution in [1.29, 1.82) is 0 Å². The summed E-state index contributed by atoms with van der Waals surface area (Å²) in [5.41, 5.74) is -0.485. The topological polar surface area (TPSA) is 46.5 Å². The van der Waals surface area contributed by atoms with Crippen molar-refractivity contribution in [2.24, 2.45) is 0 Å². The molecule has 98 valence electrons. The number of alkyl halides is 3. The molecule has 1 heterocycles. The molecule has 0 saturated carbocycles. The second-order valence-corrected chi connectivity index (χ2v) is 3.48. The Balaban J connectivity index is 0.00000162. The average Bonchev–Trinajstić information content (AvgIpc) is 2.26. The highest BCUT2D eigenvalue weighted by Gasteiger charge is 2.48. The Kier molecular flexibility index (Phi) is 3.91. The van der Waals surface area contributed by atoms with E-state index in [0.717, 1.165) is 6.08 Å². The van der Waals surface area contributed by atoms with Gasteiger partial charge in [-0.1, -0.05) is 18.2 Å². The van der Waals surface area contributed by atoms with Gasteiger partial charge >= 0.3 is 12.1 Å². The lowest BCUT2D eigenvalue weighted by Crippen LogP contribution is -2.40. The van der Waals surface area contributed by atoms with E-state index in [1.54, 1.807) is 6.07 Å². The van der Waals surface area contributed by atoms with Crippen molar-refractivity contribution in [2.45, 2.75) is 12.3 Å². The molecule has 1 atom stereocenters. The molecule has 0 radical (unpaired) electrons. The molecule has 0 fully saturated rings. The summed E-state index contributed by atoms with van der Waals surface area (Å²) >= 11 is 0. The maximum atomic E-state index is 12.6. The van der Waals surface area contributed by atoms with Gasteiger partial charge in [-0.25, -0.2) is 4.79 Å². The molecule has 1 aromatic rings. The van der Waals surface area contributed by atoms with Crippen molar-refractivity contribution in [2.75, 3.05) is 0 Å². The number of carboxylic acid groups (broad SMARTS) is 1. The van der Waals surface area contributed by atoms with Gasteiger partial charge < -0.3 is 9.84 Å².